The third kappa shape index (κ3) is 9.28. The van der Waals surface area contributed by atoms with Crippen LogP contribution in [0.15, 0.2) is 12.7 Å². The predicted molar refractivity (Wildman–Crippen MR) is 165 cm³/mol. The second kappa shape index (κ2) is 13.9. The molecule has 0 aliphatic carbocycles. The summed E-state index contributed by atoms with van der Waals surface area (Å²) in [5.74, 6) is -1.03. The minimum absolute atomic E-state index is 0.0460. The van der Waals surface area contributed by atoms with Gasteiger partial charge in [-0.25, -0.2) is 20.4 Å². The first-order valence-corrected chi connectivity index (χ1v) is 20.0. The third-order valence-electron chi connectivity index (χ3n) is 8.36. The van der Waals surface area contributed by atoms with Crippen molar-refractivity contribution in [2.24, 2.45) is 0 Å². The van der Waals surface area contributed by atoms with Crippen LogP contribution < -0.4 is 11.2 Å². The summed E-state index contributed by atoms with van der Waals surface area (Å²) in [7, 11) is -4.41. The van der Waals surface area contributed by atoms with E-state index in [-0.39, 0.29) is 41.9 Å². The SMILES string of the molecule is C[C@@H](OC(=O)CCC(=O)NO)[C@@H](CO[Si](C)(C)C(C)(C)C)O[C@H](CO[Si](C)(C)C(C)(C)C)n1cnc2c(N)ncnc21. The molecule has 15 heteroatoms. The van der Waals surface area contributed by atoms with Crippen molar-refractivity contribution >= 4 is 45.5 Å². The summed E-state index contributed by atoms with van der Waals surface area (Å²) < 4.78 is 27.2. The van der Waals surface area contributed by atoms with Crippen LogP contribution in [0.2, 0.25) is 36.3 Å². The zero-order valence-corrected chi connectivity index (χ0v) is 29.0. The maximum absolute atomic E-state index is 12.6. The van der Waals surface area contributed by atoms with Crippen molar-refractivity contribution in [2.45, 2.75) is 116 Å². The number of nitrogens with zero attached hydrogens (tertiary/aromatic N) is 4. The number of fused-ring (bicyclic) bond motifs is 1. The van der Waals surface area contributed by atoms with E-state index in [0.717, 1.165) is 0 Å². The monoisotopic (exact) mass is 626 g/mol. The molecule has 238 valence electrons. The lowest BCUT2D eigenvalue weighted by atomic mass is 10.2. The number of amides is 1. The predicted octanol–water partition coefficient (Wildman–Crippen LogP) is 4.55. The number of nitrogens with one attached hydrogen (secondary N) is 1. The molecule has 0 aliphatic heterocycles. The lowest BCUT2D eigenvalue weighted by Gasteiger charge is -2.39. The first-order chi connectivity index (χ1) is 19.2. The summed E-state index contributed by atoms with van der Waals surface area (Å²) in [6.07, 6.45) is 0.376. The minimum atomic E-state index is -2.21. The Morgan fingerprint density at radius 3 is 2.10 bits per heavy atom. The molecule has 0 unspecified atom stereocenters. The van der Waals surface area contributed by atoms with E-state index >= 15 is 0 Å². The minimum Gasteiger partial charge on any atom is -0.460 e. The van der Waals surface area contributed by atoms with E-state index in [4.69, 9.17) is 29.3 Å². The number of hydroxylamine groups is 1. The molecule has 3 atom stereocenters. The number of anilines is 1. The van der Waals surface area contributed by atoms with Crippen LogP contribution in [0.1, 0.15) is 67.5 Å². The highest BCUT2D eigenvalue weighted by atomic mass is 28.4. The average molecular weight is 627 g/mol. The summed E-state index contributed by atoms with van der Waals surface area (Å²) in [4.78, 5) is 36.9. The number of hydrogen-bond acceptors (Lipinski definition) is 11. The molecule has 4 N–H and O–H groups in total. The van der Waals surface area contributed by atoms with E-state index in [9.17, 15) is 9.59 Å². The molecule has 1 amide bonds. The fourth-order valence-corrected chi connectivity index (χ4v) is 5.38. The molecule has 0 radical (unpaired) electrons. The zero-order valence-electron chi connectivity index (χ0n) is 27.0. The second-order valence-electron chi connectivity index (χ2n) is 13.6. The van der Waals surface area contributed by atoms with Crippen molar-refractivity contribution in [1.29, 1.82) is 0 Å². The standard InChI is InChI=1S/C27H50N6O7Si2/c1-18(39-22(35)13-12-20(34)32-36)19(14-37-41(8,9)26(2,3)4)40-21(15-38-42(10,11)27(5,6)7)33-17-31-23-24(28)29-16-30-25(23)33/h16-19,21,36H,12-15H2,1-11H3,(H,32,34)(H2,28,29,30)/t18-,19-,21-/m1/s1. The van der Waals surface area contributed by atoms with Gasteiger partial charge in [-0.1, -0.05) is 41.5 Å². The first-order valence-electron chi connectivity index (χ1n) is 14.2. The fourth-order valence-electron chi connectivity index (χ4n) is 3.37. The Kier molecular flexibility index (Phi) is 11.8. The Labute approximate surface area is 251 Å². The van der Waals surface area contributed by atoms with Gasteiger partial charge in [0.05, 0.1) is 26.0 Å². The molecule has 0 aliphatic rings. The third-order valence-corrected chi connectivity index (χ3v) is 17.4. The molecule has 0 spiro atoms. The van der Waals surface area contributed by atoms with E-state index in [1.165, 1.54) is 11.8 Å². The molecule has 0 saturated heterocycles. The lowest BCUT2D eigenvalue weighted by Crippen LogP contribution is -2.47. The topological polar surface area (TPSA) is 173 Å². The van der Waals surface area contributed by atoms with Crippen molar-refractivity contribution in [3.8, 4) is 0 Å². The van der Waals surface area contributed by atoms with Crippen LogP contribution in [0, 0.1) is 0 Å². The molecule has 42 heavy (non-hydrogen) atoms. The summed E-state index contributed by atoms with van der Waals surface area (Å²) in [5, 5.41) is 8.65. The number of imidazole rings is 1. The van der Waals surface area contributed by atoms with Crippen molar-refractivity contribution in [3.63, 3.8) is 0 Å². The van der Waals surface area contributed by atoms with Gasteiger partial charge in [0.15, 0.2) is 34.3 Å². The molecular weight excluding hydrogens is 577 g/mol. The normalized spacial score (nSPS) is 15.3. The van der Waals surface area contributed by atoms with Gasteiger partial charge in [-0.2, -0.15) is 0 Å². The fraction of sp³-hybridized carbons (Fsp3) is 0.741. The number of carbonyl (C=O) groups excluding carboxylic acids is 2. The quantitative estimate of drug-likeness (QED) is 0.116. The number of carbonyl (C=O) groups is 2. The van der Waals surface area contributed by atoms with E-state index in [1.54, 1.807) is 17.8 Å². The Morgan fingerprint density at radius 1 is 0.976 bits per heavy atom. The van der Waals surface area contributed by atoms with Crippen LogP contribution in [-0.2, 0) is 27.9 Å². The molecule has 2 rings (SSSR count). The highest BCUT2D eigenvalue weighted by Crippen LogP contribution is 2.38. The largest absolute Gasteiger partial charge is 0.460 e. The van der Waals surface area contributed by atoms with Crippen LogP contribution in [0.25, 0.3) is 11.2 Å². The Morgan fingerprint density at radius 2 is 1.55 bits per heavy atom. The van der Waals surface area contributed by atoms with Crippen LogP contribution >= 0.6 is 0 Å². The highest BCUT2D eigenvalue weighted by Gasteiger charge is 2.41. The summed E-state index contributed by atoms with van der Waals surface area (Å²) in [6.45, 7) is 23.5. The molecule has 2 heterocycles. The van der Waals surface area contributed by atoms with Gasteiger partial charge in [-0.3, -0.25) is 19.4 Å². The van der Waals surface area contributed by atoms with Gasteiger partial charge in [0, 0.05) is 6.42 Å². The van der Waals surface area contributed by atoms with Gasteiger partial charge in [-0.15, -0.1) is 0 Å². The average Bonchev–Trinajstić information content (AvgIpc) is 3.30. The van der Waals surface area contributed by atoms with Crippen LogP contribution in [0.3, 0.4) is 0 Å². The number of esters is 1. The Balaban J connectivity index is 2.44. The van der Waals surface area contributed by atoms with Gasteiger partial charge in [0.25, 0.3) is 0 Å². The van der Waals surface area contributed by atoms with Gasteiger partial charge in [0.1, 0.15) is 24.1 Å². The summed E-state index contributed by atoms with van der Waals surface area (Å²) in [6, 6.07) is 0. The molecule has 2 aromatic rings. The maximum atomic E-state index is 12.6. The van der Waals surface area contributed by atoms with E-state index in [1.807, 2.05) is 0 Å². The van der Waals surface area contributed by atoms with Crippen LogP contribution in [-0.4, -0.2) is 78.7 Å². The number of hydrogen-bond donors (Lipinski definition) is 3. The second-order valence-corrected chi connectivity index (χ2v) is 23.2. The molecule has 13 nitrogen and oxygen atoms in total. The van der Waals surface area contributed by atoms with Crippen LogP contribution in [0.4, 0.5) is 5.82 Å². The summed E-state index contributed by atoms with van der Waals surface area (Å²) in [5.41, 5.74) is 8.50. The van der Waals surface area contributed by atoms with Gasteiger partial charge in [0.2, 0.25) is 5.91 Å². The number of rotatable bonds is 14. The molecule has 0 bridgehead atoms. The smallest absolute Gasteiger partial charge is 0.306 e. The lowest BCUT2D eigenvalue weighted by molar-refractivity contribution is -0.169. The van der Waals surface area contributed by atoms with Crippen molar-refractivity contribution in [1.82, 2.24) is 25.0 Å². The maximum Gasteiger partial charge on any atom is 0.306 e. The number of aromatic nitrogens is 4. The van der Waals surface area contributed by atoms with Crippen molar-refractivity contribution in [2.75, 3.05) is 18.9 Å². The van der Waals surface area contributed by atoms with Gasteiger partial charge >= 0.3 is 5.97 Å². The van der Waals surface area contributed by atoms with Crippen molar-refractivity contribution in [3.05, 3.63) is 12.7 Å². The zero-order chi connectivity index (χ0) is 32.1. The van der Waals surface area contributed by atoms with E-state index in [0.29, 0.717) is 11.2 Å². The van der Waals surface area contributed by atoms with Gasteiger partial charge in [-0.05, 0) is 43.2 Å². The Bertz CT molecular complexity index is 1210. The van der Waals surface area contributed by atoms with Gasteiger partial charge < -0.3 is 24.1 Å². The Hall–Kier alpha value is -2.44. The van der Waals surface area contributed by atoms with Crippen molar-refractivity contribution < 1.29 is 33.1 Å². The number of ether oxygens (including phenoxy) is 2. The summed E-state index contributed by atoms with van der Waals surface area (Å²) >= 11 is 0. The number of nitrogens with two attached hydrogens (primary N) is 1. The molecule has 2 aromatic heterocycles. The van der Waals surface area contributed by atoms with Crippen LogP contribution in [0.5, 0.6) is 0 Å². The number of nitrogen functional groups attached to an aromatic ring is 1. The highest BCUT2D eigenvalue weighted by molar-refractivity contribution is 6.74. The van der Waals surface area contributed by atoms with E-state index in [2.05, 4.69) is 82.7 Å². The molecule has 0 fully saturated rings. The molecular formula is C27H50N6O7Si2. The first kappa shape index (κ1) is 35.8. The van der Waals surface area contributed by atoms with E-state index < -0.39 is 46.9 Å². The molecule has 0 saturated carbocycles. The molecule has 0 aromatic carbocycles.